The fourth-order valence-corrected chi connectivity index (χ4v) is 3.47. The smallest absolute Gasteiger partial charge is 0.312 e. The van der Waals surface area contributed by atoms with Gasteiger partial charge in [0.2, 0.25) is 5.75 Å². The van der Waals surface area contributed by atoms with Gasteiger partial charge in [0.05, 0.1) is 26.5 Å². The van der Waals surface area contributed by atoms with Gasteiger partial charge in [0, 0.05) is 22.5 Å². The summed E-state index contributed by atoms with van der Waals surface area (Å²) in [6.45, 7) is 1.96. The lowest BCUT2D eigenvalue weighted by Gasteiger charge is -2.08. The summed E-state index contributed by atoms with van der Waals surface area (Å²) in [5.74, 6) is 0.0223. The van der Waals surface area contributed by atoms with Gasteiger partial charge in [-0.1, -0.05) is 22.9 Å². The summed E-state index contributed by atoms with van der Waals surface area (Å²) >= 11 is 6.43. The number of hydrogen-bond donors (Lipinski definition) is 1. The zero-order valence-corrected chi connectivity index (χ0v) is 17.8. The first-order chi connectivity index (χ1) is 13.3. The van der Waals surface area contributed by atoms with E-state index in [4.69, 9.17) is 0 Å². The average molecular weight is 510 g/mol. The van der Waals surface area contributed by atoms with Crippen molar-refractivity contribution in [2.24, 2.45) is 5.10 Å². The van der Waals surface area contributed by atoms with E-state index in [1.54, 1.807) is 12.1 Å². The summed E-state index contributed by atoms with van der Waals surface area (Å²) in [6.07, 6.45) is 2.63. The van der Waals surface area contributed by atoms with Gasteiger partial charge in [-0.25, -0.2) is 4.98 Å². The molecule has 0 aliphatic rings. The molecule has 8 nitrogen and oxygen atoms in total. The third-order valence-electron chi connectivity index (χ3n) is 3.93. The molecule has 0 aliphatic carbocycles. The van der Waals surface area contributed by atoms with Crippen LogP contribution in [-0.2, 0) is 6.42 Å². The molecule has 0 radical (unpaired) electrons. The Bertz CT molecular complexity index is 1170. The number of nitro groups is 1. The number of nitro benzene ring substituents is 1. The van der Waals surface area contributed by atoms with Crippen molar-refractivity contribution < 1.29 is 10.0 Å². The summed E-state index contributed by atoms with van der Waals surface area (Å²) < 4.78 is 2.10. The first-order valence-corrected chi connectivity index (χ1v) is 9.83. The summed E-state index contributed by atoms with van der Waals surface area (Å²) in [5.41, 5.74) is 0.127. The third kappa shape index (κ3) is 3.97. The number of phenols is 1. The molecule has 0 bridgehead atoms. The molecule has 0 aliphatic heterocycles. The van der Waals surface area contributed by atoms with Crippen molar-refractivity contribution in [1.82, 2.24) is 9.66 Å². The summed E-state index contributed by atoms with van der Waals surface area (Å²) in [6, 6.07) is 7.90. The van der Waals surface area contributed by atoms with Crippen molar-refractivity contribution in [2.45, 2.75) is 19.8 Å². The maximum Gasteiger partial charge on any atom is 0.312 e. The van der Waals surface area contributed by atoms with E-state index in [0.717, 1.165) is 10.9 Å². The van der Waals surface area contributed by atoms with E-state index in [-0.39, 0.29) is 10.0 Å². The number of halogens is 2. The van der Waals surface area contributed by atoms with Crippen molar-refractivity contribution in [3.63, 3.8) is 0 Å². The van der Waals surface area contributed by atoms with Crippen molar-refractivity contribution in [1.29, 1.82) is 0 Å². The van der Waals surface area contributed by atoms with E-state index < -0.39 is 16.4 Å². The highest BCUT2D eigenvalue weighted by atomic mass is 79.9. The molecule has 3 aromatic rings. The molecule has 0 spiro atoms. The second-order valence-corrected chi connectivity index (χ2v) is 7.70. The number of aromatic nitrogens is 2. The van der Waals surface area contributed by atoms with Crippen LogP contribution in [0.3, 0.4) is 0 Å². The van der Waals surface area contributed by atoms with E-state index >= 15 is 0 Å². The van der Waals surface area contributed by atoms with E-state index in [2.05, 4.69) is 41.9 Å². The molecule has 3 rings (SSSR count). The van der Waals surface area contributed by atoms with Gasteiger partial charge in [0.15, 0.2) is 0 Å². The van der Waals surface area contributed by atoms with Crippen LogP contribution in [0.1, 0.15) is 24.7 Å². The summed E-state index contributed by atoms with van der Waals surface area (Å²) in [7, 11) is 0. The van der Waals surface area contributed by atoms with Gasteiger partial charge >= 0.3 is 5.69 Å². The summed E-state index contributed by atoms with van der Waals surface area (Å²) in [4.78, 5) is 27.8. The highest BCUT2D eigenvalue weighted by Crippen LogP contribution is 2.34. The minimum Gasteiger partial charge on any atom is -0.501 e. The zero-order valence-electron chi connectivity index (χ0n) is 14.6. The number of fused-ring (bicyclic) bond motifs is 1. The van der Waals surface area contributed by atoms with Crippen LogP contribution >= 0.6 is 31.9 Å². The lowest BCUT2D eigenvalue weighted by atomic mass is 10.2. The number of phenolic OH excluding ortho intramolecular Hbond substituents is 1. The van der Waals surface area contributed by atoms with Gasteiger partial charge in [0.1, 0.15) is 5.82 Å². The van der Waals surface area contributed by atoms with Crippen LogP contribution in [0.2, 0.25) is 0 Å². The Kier molecular flexibility index (Phi) is 5.90. The Hall–Kier alpha value is -2.59. The molecule has 144 valence electrons. The highest BCUT2D eigenvalue weighted by molar-refractivity contribution is 9.10. The first-order valence-electron chi connectivity index (χ1n) is 8.24. The molecule has 0 fully saturated rings. The molecule has 1 heterocycles. The van der Waals surface area contributed by atoms with Crippen LogP contribution in [-0.4, -0.2) is 25.9 Å². The predicted molar refractivity (Wildman–Crippen MR) is 113 cm³/mol. The highest BCUT2D eigenvalue weighted by Gasteiger charge is 2.17. The molecule has 0 saturated heterocycles. The predicted octanol–water partition coefficient (Wildman–Crippen LogP) is 4.37. The second-order valence-electron chi connectivity index (χ2n) is 5.93. The minimum absolute atomic E-state index is 0.157. The molecule has 1 N–H and O–H groups in total. The van der Waals surface area contributed by atoms with Crippen LogP contribution < -0.4 is 5.56 Å². The normalized spacial score (nSPS) is 11.4. The van der Waals surface area contributed by atoms with Gasteiger partial charge < -0.3 is 5.11 Å². The van der Waals surface area contributed by atoms with E-state index in [1.807, 2.05) is 13.0 Å². The number of aryl methyl sites for hydroxylation is 1. The fourth-order valence-electron chi connectivity index (χ4n) is 2.64. The number of aromatic hydroxyl groups is 1. The zero-order chi connectivity index (χ0) is 20.4. The van der Waals surface area contributed by atoms with E-state index in [9.17, 15) is 20.0 Å². The minimum atomic E-state index is -0.693. The van der Waals surface area contributed by atoms with Crippen LogP contribution in [0.5, 0.6) is 5.75 Å². The van der Waals surface area contributed by atoms with Crippen LogP contribution in [0.4, 0.5) is 5.69 Å². The van der Waals surface area contributed by atoms with Crippen LogP contribution in [0, 0.1) is 10.1 Å². The molecular weight excluding hydrogens is 496 g/mol. The molecule has 2 aromatic carbocycles. The number of hydrogen-bond acceptors (Lipinski definition) is 6. The summed E-state index contributed by atoms with van der Waals surface area (Å²) in [5, 5.41) is 25.5. The average Bonchev–Trinajstić information content (AvgIpc) is 2.64. The molecule has 28 heavy (non-hydrogen) atoms. The molecule has 0 amide bonds. The van der Waals surface area contributed by atoms with Gasteiger partial charge in [-0.15, -0.1) is 0 Å². The molecular formula is C18H14Br2N4O4. The quantitative estimate of drug-likeness (QED) is 0.312. The molecule has 10 heteroatoms. The lowest BCUT2D eigenvalue weighted by molar-refractivity contribution is -0.386. The third-order valence-corrected chi connectivity index (χ3v) is 5.03. The maximum atomic E-state index is 12.9. The van der Waals surface area contributed by atoms with Gasteiger partial charge in [-0.2, -0.15) is 9.78 Å². The Morgan fingerprint density at radius 3 is 2.75 bits per heavy atom. The van der Waals surface area contributed by atoms with Crippen LogP contribution in [0.25, 0.3) is 10.9 Å². The Balaban J connectivity index is 2.16. The largest absolute Gasteiger partial charge is 0.501 e. The molecule has 0 saturated carbocycles. The number of rotatable bonds is 5. The molecule has 0 atom stereocenters. The Morgan fingerprint density at radius 2 is 2.07 bits per heavy atom. The Morgan fingerprint density at radius 1 is 1.32 bits per heavy atom. The number of benzene rings is 2. The Labute approximate surface area is 175 Å². The SMILES string of the molecule is CCCc1nc2ccc(Br)cc2c(=O)n1N=Cc1cc(Br)c(O)c([N+](=O)[O-])c1. The van der Waals surface area contributed by atoms with Crippen LogP contribution in [0.15, 0.2) is 49.2 Å². The first kappa shape index (κ1) is 20.2. The van der Waals surface area contributed by atoms with Gasteiger partial charge in [-0.3, -0.25) is 14.9 Å². The lowest BCUT2D eigenvalue weighted by Crippen LogP contribution is -2.22. The standard InChI is InChI=1S/C18H14Br2N4O4/c1-2-3-16-22-14-5-4-11(19)8-12(14)18(26)23(16)21-9-10-6-13(20)17(25)15(7-10)24(27)28/h4-9,25H,2-3H2,1H3. The maximum absolute atomic E-state index is 12.9. The monoisotopic (exact) mass is 508 g/mol. The van der Waals surface area contributed by atoms with E-state index in [0.29, 0.717) is 28.7 Å². The molecule has 0 unspecified atom stereocenters. The van der Waals surface area contributed by atoms with E-state index in [1.165, 1.54) is 23.0 Å². The van der Waals surface area contributed by atoms with Crippen molar-refractivity contribution in [2.75, 3.05) is 0 Å². The van der Waals surface area contributed by atoms with Gasteiger partial charge in [0.25, 0.3) is 5.56 Å². The van der Waals surface area contributed by atoms with Crippen molar-refractivity contribution >= 4 is 54.7 Å². The van der Waals surface area contributed by atoms with Gasteiger partial charge in [-0.05, 0) is 46.6 Å². The number of nitrogens with zero attached hydrogens (tertiary/aromatic N) is 4. The van der Waals surface area contributed by atoms with Crippen molar-refractivity contribution in [3.05, 3.63) is 71.1 Å². The fraction of sp³-hybridized carbons (Fsp3) is 0.167. The topological polar surface area (TPSA) is 111 Å². The van der Waals surface area contributed by atoms with Crippen molar-refractivity contribution in [3.8, 4) is 5.75 Å². The second kappa shape index (κ2) is 8.19. The molecule has 1 aromatic heterocycles.